The summed E-state index contributed by atoms with van der Waals surface area (Å²) in [7, 11) is 0. The molecule has 1 aliphatic heterocycles. The maximum absolute atomic E-state index is 12.3. The second-order valence-corrected chi connectivity index (χ2v) is 5.08. The van der Waals surface area contributed by atoms with Crippen molar-refractivity contribution in [2.24, 2.45) is 0 Å². The first-order valence-corrected chi connectivity index (χ1v) is 5.54. The van der Waals surface area contributed by atoms with Crippen molar-refractivity contribution >= 4 is 5.97 Å². The highest BCUT2D eigenvalue weighted by atomic mass is 19.3. The molecule has 0 aromatic heterocycles. The molecule has 0 aromatic rings. The van der Waals surface area contributed by atoms with Gasteiger partial charge in [-0.25, -0.2) is 8.78 Å². The molecular weight excluding hydrogens is 216 g/mol. The van der Waals surface area contributed by atoms with Gasteiger partial charge in [0, 0.05) is 0 Å². The fourth-order valence-corrected chi connectivity index (χ4v) is 1.86. The summed E-state index contributed by atoms with van der Waals surface area (Å²) in [6.45, 7) is 5.53. The van der Waals surface area contributed by atoms with Gasteiger partial charge in [-0.05, 0) is 40.2 Å². The molecule has 1 fully saturated rings. The van der Waals surface area contributed by atoms with E-state index in [-0.39, 0.29) is 12.5 Å². The minimum atomic E-state index is -2.40. The van der Waals surface area contributed by atoms with Crippen LogP contribution in [0.4, 0.5) is 8.78 Å². The van der Waals surface area contributed by atoms with Crippen molar-refractivity contribution in [3.63, 3.8) is 0 Å². The predicted octanol–water partition coefficient (Wildman–Crippen LogP) is 2.06. The number of ether oxygens (including phenoxy) is 1. The second kappa shape index (κ2) is 5.08. The van der Waals surface area contributed by atoms with Crippen LogP contribution >= 0.6 is 0 Å². The fourth-order valence-electron chi connectivity index (χ4n) is 1.86. The number of alkyl halides is 2. The molecule has 16 heavy (non-hydrogen) atoms. The topological polar surface area (TPSA) is 29.5 Å². The van der Waals surface area contributed by atoms with Crippen LogP contribution < -0.4 is 0 Å². The lowest BCUT2D eigenvalue weighted by atomic mass is 10.1. The molecule has 0 amide bonds. The van der Waals surface area contributed by atoms with Crippen LogP contribution in [0.2, 0.25) is 0 Å². The van der Waals surface area contributed by atoms with Gasteiger partial charge in [-0.2, -0.15) is 0 Å². The van der Waals surface area contributed by atoms with E-state index < -0.39 is 18.1 Å². The van der Waals surface area contributed by atoms with Gasteiger partial charge >= 0.3 is 5.97 Å². The SMILES string of the molecule is CC(C)(C)OC(=O)[C@@H]1CCCN1CC(F)F. The van der Waals surface area contributed by atoms with Gasteiger partial charge in [-0.15, -0.1) is 0 Å². The summed E-state index contributed by atoms with van der Waals surface area (Å²) in [4.78, 5) is 13.3. The Bertz CT molecular complexity index is 251. The molecule has 0 radical (unpaired) electrons. The maximum Gasteiger partial charge on any atom is 0.323 e. The number of nitrogens with zero attached hydrogens (tertiary/aromatic N) is 1. The van der Waals surface area contributed by atoms with Crippen LogP contribution in [-0.4, -0.2) is 42.0 Å². The molecule has 1 rings (SSSR count). The van der Waals surface area contributed by atoms with Crippen molar-refractivity contribution in [1.29, 1.82) is 0 Å². The zero-order valence-corrected chi connectivity index (χ0v) is 10.0. The lowest BCUT2D eigenvalue weighted by Gasteiger charge is -2.26. The molecule has 3 nitrogen and oxygen atoms in total. The lowest BCUT2D eigenvalue weighted by Crippen LogP contribution is -2.42. The molecule has 0 unspecified atom stereocenters. The molecule has 0 saturated carbocycles. The molecule has 0 N–H and O–H groups in total. The first kappa shape index (κ1) is 13.4. The average molecular weight is 235 g/mol. The summed E-state index contributed by atoms with van der Waals surface area (Å²) >= 11 is 0. The molecule has 0 aromatic carbocycles. The molecule has 0 bridgehead atoms. The van der Waals surface area contributed by atoms with Gasteiger partial charge in [0.2, 0.25) is 0 Å². The van der Waals surface area contributed by atoms with Gasteiger partial charge in [-0.3, -0.25) is 9.69 Å². The Labute approximate surface area is 94.7 Å². The summed E-state index contributed by atoms with van der Waals surface area (Å²) in [6, 6.07) is -0.492. The molecule has 1 heterocycles. The maximum atomic E-state index is 12.3. The third-order valence-corrected chi connectivity index (χ3v) is 2.42. The molecule has 0 spiro atoms. The molecule has 94 valence electrons. The minimum absolute atomic E-state index is 0.343. The van der Waals surface area contributed by atoms with Crippen LogP contribution in [0.3, 0.4) is 0 Å². The standard InChI is InChI=1S/C11H19F2NO2/c1-11(2,3)16-10(15)8-5-4-6-14(8)7-9(12)13/h8-9H,4-7H2,1-3H3/t8-/m0/s1. The highest BCUT2D eigenvalue weighted by Crippen LogP contribution is 2.21. The Balaban J connectivity index is 2.54. The van der Waals surface area contributed by atoms with Crippen LogP contribution in [-0.2, 0) is 9.53 Å². The Morgan fingerprint density at radius 2 is 2.12 bits per heavy atom. The molecular formula is C11H19F2NO2. The van der Waals surface area contributed by atoms with E-state index in [1.54, 1.807) is 20.8 Å². The summed E-state index contributed by atoms with van der Waals surface area (Å²) in [5.74, 6) is -0.384. The van der Waals surface area contributed by atoms with Crippen molar-refractivity contribution in [1.82, 2.24) is 4.90 Å². The van der Waals surface area contributed by atoms with Crippen molar-refractivity contribution in [2.45, 2.75) is 51.7 Å². The van der Waals surface area contributed by atoms with E-state index in [0.29, 0.717) is 13.0 Å². The number of hydrogen-bond donors (Lipinski definition) is 0. The van der Waals surface area contributed by atoms with Gasteiger partial charge in [0.25, 0.3) is 6.43 Å². The minimum Gasteiger partial charge on any atom is -0.459 e. The van der Waals surface area contributed by atoms with Crippen LogP contribution in [0.25, 0.3) is 0 Å². The van der Waals surface area contributed by atoms with Crippen molar-refractivity contribution in [2.75, 3.05) is 13.1 Å². The zero-order chi connectivity index (χ0) is 12.3. The van der Waals surface area contributed by atoms with Gasteiger partial charge in [0.1, 0.15) is 11.6 Å². The largest absolute Gasteiger partial charge is 0.459 e. The number of likely N-dealkylation sites (tertiary alicyclic amines) is 1. The Kier molecular flexibility index (Phi) is 4.24. The van der Waals surface area contributed by atoms with E-state index in [0.717, 1.165) is 6.42 Å². The zero-order valence-electron chi connectivity index (χ0n) is 10.0. The third-order valence-electron chi connectivity index (χ3n) is 2.42. The Hall–Kier alpha value is -0.710. The van der Waals surface area contributed by atoms with E-state index in [1.807, 2.05) is 0 Å². The van der Waals surface area contributed by atoms with E-state index in [9.17, 15) is 13.6 Å². The smallest absolute Gasteiger partial charge is 0.323 e. The summed E-state index contributed by atoms with van der Waals surface area (Å²) in [6.07, 6.45) is -1.01. The van der Waals surface area contributed by atoms with Gasteiger partial charge in [-0.1, -0.05) is 0 Å². The van der Waals surface area contributed by atoms with Crippen LogP contribution in [0.1, 0.15) is 33.6 Å². The summed E-state index contributed by atoms with van der Waals surface area (Å²) < 4.78 is 29.7. The number of rotatable bonds is 3. The number of halogens is 2. The number of hydrogen-bond acceptors (Lipinski definition) is 3. The highest BCUT2D eigenvalue weighted by molar-refractivity contribution is 5.76. The first-order valence-electron chi connectivity index (χ1n) is 5.54. The number of carbonyl (C=O) groups excluding carboxylic acids is 1. The second-order valence-electron chi connectivity index (χ2n) is 5.08. The molecule has 1 aliphatic rings. The van der Waals surface area contributed by atoms with Gasteiger partial charge < -0.3 is 4.74 Å². The number of carbonyl (C=O) groups is 1. The predicted molar refractivity (Wildman–Crippen MR) is 56.4 cm³/mol. The van der Waals surface area contributed by atoms with Gasteiger partial charge in [0.05, 0.1) is 6.54 Å². The quantitative estimate of drug-likeness (QED) is 0.701. The van der Waals surface area contributed by atoms with E-state index in [4.69, 9.17) is 4.74 Å². The van der Waals surface area contributed by atoms with Crippen LogP contribution in [0, 0.1) is 0 Å². The Morgan fingerprint density at radius 1 is 1.50 bits per heavy atom. The summed E-state index contributed by atoms with van der Waals surface area (Å²) in [5, 5.41) is 0. The highest BCUT2D eigenvalue weighted by Gasteiger charge is 2.35. The summed E-state index contributed by atoms with van der Waals surface area (Å²) in [5.41, 5.74) is -0.559. The Morgan fingerprint density at radius 3 is 2.62 bits per heavy atom. The van der Waals surface area contributed by atoms with Crippen LogP contribution in [0.15, 0.2) is 0 Å². The first-order chi connectivity index (χ1) is 7.29. The van der Waals surface area contributed by atoms with Crippen molar-refractivity contribution in [3.05, 3.63) is 0 Å². The van der Waals surface area contributed by atoms with Crippen molar-refractivity contribution < 1.29 is 18.3 Å². The molecule has 1 atom stereocenters. The average Bonchev–Trinajstić information content (AvgIpc) is 2.47. The lowest BCUT2D eigenvalue weighted by molar-refractivity contribution is -0.160. The normalized spacial score (nSPS) is 22.8. The molecule has 5 heteroatoms. The third kappa shape index (κ3) is 4.04. The van der Waals surface area contributed by atoms with E-state index >= 15 is 0 Å². The molecule has 1 saturated heterocycles. The van der Waals surface area contributed by atoms with Crippen LogP contribution in [0.5, 0.6) is 0 Å². The number of esters is 1. The van der Waals surface area contributed by atoms with E-state index in [1.165, 1.54) is 4.90 Å². The fraction of sp³-hybridized carbons (Fsp3) is 0.909. The van der Waals surface area contributed by atoms with Crippen molar-refractivity contribution in [3.8, 4) is 0 Å². The molecule has 0 aliphatic carbocycles. The van der Waals surface area contributed by atoms with E-state index in [2.05, 4.69) is 0 Å². The van der Waals surface area contributed by atoms with Gasteiger partial charge in [0.15, 0.2) is 0 Å². The monoisotopic (exact) mass is 235 g/mol.